The number of aromatic nitrogens is 1. The van der Waals surface area contributed by atoms with Crippen LogP contribution in [0.2, 0.25) is 0 Å². The second kappa shape index (κ2) is 11.6. The van der Waals surface area contributed by atoms with Crippen LogP contribution >= 0.6 is 34.9 Å². The largest absolute Gasteiger partial charge is 0.477 e. The third-order valence-electron chi connectivity index (χ3n) is 5.95. The van der Waals surface area contributed by atoms with E-state index in [-0.39, 0.29) is 27.3 Å². The highest BCUT2D eigenvalue weighted by atomic mass is 32.2. The number of oxime groups is 1. The number of hydrogen-bond donors (Lipinski definition) is 3. The second-order valence-electron chi connectivity index (χ2n) is 8.53. The molecule has 3 heterocycles. The van der Waals surface area contributed by atoms with Crippen molar-refractivity contribution in [3.05, 3.63) is 57.2 Å². The molecular weight excluding hydrogens is 550 g/mol. The minimum absolute atomic E-state index is 0.0421. The number of nitrogens with one attached hydrogen (secondary N) is 1. The molecule has 38 heavy (non-hydrogen) atoms. The number of amides is 2. The molecule has 2 aromatic rings. The van der Waals surface area contributed by atoms with Gasteiger partial charge >= 0.3 is 5.97 Å². The van der Waals surface area contributed by atoms with Gasteiger partial charge in [-0.1, -0.05) is 35.1 Å². The van der Waals surface area contributed by atoms with Crippen molar-refractivity contribution in [1.29, 1.82) is 0 Å². The standard InChI is InChI=1S/C24H25N5O6S3/c1-11-6-13(8-36-12(2)30)4-5-14(11)7-15-9-37-22-18(21(32)29(22)19(15)23(33)34)27-20(31)17(28-35-3)16-10-38-24(25)26-16/h4-6,10,18,22H,7-9H2,1-3H3,(H2,25,26)(H,27,31)(H,33,34)/b28-17+/t18-,22-/m1/s1. The van der Waals surface area contributed by atoms with Crippen LogP contribution in [-0.2, 0) is 36.2 Å². The molecule has 2 amide bonds. The quantitative estimate of drug-likeness (QED) is 0.229. The number of nitrogens with zero attached hydrogens (tertiary/aromatic N) is 3. The number of nitrogen functional groups attached to an aromatic ring is 1. The van der Waals surface area contributed by atoms with Crippen LogP contribution < -0.4 is 11.1 Å². The highest BCUT2D eigenvalue weighted by molar-refractivity contribution is 8.12. The summed E-state index contributed by atoms with van der Waals surface area (Å²) < 4.78 is 0. The Balaban J connectivity index is 1.51. The van der Waals surface area contributed by atoms with Crippen molar-refractivity contribution in [2.24, 2.45) is 5.16 Å². The molecule has 200 valence electrons. The number of fused-ring (bicyclic) bond motifs is 1. The summed E-state index contributed by atoms with van der Waals surface area (Å²) in [6.07, 6.45) is 0.365. The first kappa shape index (κ1) is 27.7. The van der Waals surface area contributed by atoms with Crippen molar-refractivity contribution in [3.63, 3.8) is 0 Å². The van der Waals surface area contributed by atoms with Crippen molar-refractivity contribution in [2.75, 3.05) is 18.6 Å². The number of thiazole rings is 1. The Morgan fingerprint density at radius 1 is 1.37 bits per heavy atom. The second-order valence-corrected chi connectivity index (χ2v) is 11.7. The highest BCUT2D eigenvalue weighted by Gasteiger charge is 2.54. The number of anilines is 1. The summed E-state index contributed by atoms with van der Waals surface area (Å²) >= 11 is 3.74. The first-order valence-corrected chi connectivity index (χ1v) is 14.3. The van der Waals surface area contributed by atoms with Gasteiger partial charge in [0.1, 0.15) is 29.9 Å². The van der Waals surface area contributed by atoms with Gasteiger partial charge < -0.3 is 21.0 Å². The summed E-state index contributed by atoms with van der Waals surface area (Å²) in [5, 5.41) is 17.6. The van der Waals surface area contributed by atoms with E-state index >= 15 is 0 Å². The van der Waals surface area contributed by atoms with E-state index in [4.69, 9.17) is 10.6 Å². The van der Waals surface area contributed by atoms with Gasteiger partial charge in [-0.25, -0.2) is 9.78 Å². The maximum absolute atomic E-state index is 13.1. The average Bonchev–Trinajstić information content (AvgIpc) is 3.30. The monoisotopic (exact) mass is 575 g/mol. The summed E-state index contributed by atoms with van der Waals surface area (Å²) in [6, 6.07) is 4.91. The van der Waals surface area contributed by atoms with Gasteiger partial charge in [0.25, 0.3) is 11.8 Å². The molecule has 1 fully saturated rings. The van der Waals surface area contributed by atoms with Crippen LogP contribution in [-0.4, -0.2) is 67.9 Å². The third-order valence-corrected chi connectivity index (χ3v) is 8.85. The Labute approximate surface area is 230 Å². The molecule has 1 aromatic heterocycles. The van der Waals surface area contributed by atoms with E-state index in [1.807, 2.05) is 25.1 Å². The number of carbonyl (C=O) groups is 4. The smallest absolute Gasteiger partial charge is 0.352 e. The fraction of sp³-hybridized carbons (Fsp3) is 0.333. The van der Waals surface area contributed by atoms with E-state index in [0.29, 0.717) is 23.5 Å². The zero-order valence-electron chi connectivity index (χ0n) is 20.7. The molecule has 11 nitrogen and oxygen atoms in total. The topological polar surface area (TPSA) is 164 Å². The van der Waals surface area contributed by atoms with Crippen LogP contribution in [0.15, 0.2) is 40.0 Å². The van der Waals surface area contributed by atoms with Crippen LogP contribution in [0.3, 0.4) is 0 Å². The van der Waals surface area contributed by atoms with Crippen molar-refractivity contribution in [1.82, 2.24) is 15.2 Å². The molecule has 2 atom stereocenters. The van der Waals surface area contributed by atoms with E-state index in [0.717, 1.165) is 28.0 Å². The fourth-order valence-corrected chi connectivity index (χ4v) is 6.63. The van der Waals surface area contributed by atoms with Crippen molar-refractivity contribution in [2.45, 2.75) is 37.4 Å². The zero-order valence-corrected chi connectivity index (χ0v) is 23.2. The molecular formula is C24H25N5O6S3. The number of benzene rings is 1. The van der Waals surface area contributed by atoms with Crippen LogP contribution in [0.4, 0.5) is 5.13 Å². The van der Waals surface area contributed by atoms with E-state index in [1.54, 1.807) is 5.38 Å². The summed E-state index contributed by atoms with van der Waals surface area (Å²) in [7, 11) is 1.28. The molecule has 1 saturated heterocycles. The molecule has 1 aromatic carbocycles. The predicted octanol–water partition coefficient (Wildman–Crippen LogP) is 2.15. The normalized spacial score (nSPS) is 19.1. The van der Waals surface area contributed by atoms with Gasteiger partial charge in [-0.3, -0.25) is 19.3 Å². The van der Waals surface area contributed by atoms with Crippen molar-refractivity contribution in [3.8, 4) is 0 Å². The molecule has 0 radical (unpaired) electrons. The van der Waals surface area contributed by atoms with Gasteiger partial charge in [0.2, 0.25) is 0 Å². The first-order chi connectivity index (χ1) is 18.1. The number of carboxylic acids is 1. The molecule has 14 heteroatoms. The number of β-lactam (4-membered cyclic amide) rings is 1. The Bertz CT molecular complexity index is 1370. The Morgan fingerprint density at radius 3 is 2.74 bits per heavy atom. The molecule has 0 saturated carbocycles. The van der Waals surface area contributed by atoms with Crippen molar-refractivity contribution < 1.29 is 29.1 Å². The predicted molar refractivity (Wildman–Crippen MR) is 147 cm³/mol. The summed E-state index contributed by atoms with van der Waals surface area (Å²) in [5.74, 6) is -1.45. The number of carboxylic acid groups (broad SMARTS) is 1. The van der Waals surface area contributed by atoms with E-state index in [2.05, 4.69) is 15.5 Å². The van der Waals surface area contributed by atoms with Gasteiger partial charge in [-0.05, 0) is 35.6 Å². The van der Waals surface area contributed by atoms with Crippen molar-refractivity contribution >= 4 is 68.6 Å². The number of hydrogen-bond acceptors (Lipinski definition) is 11. The molecule has 4 N–H and O–H groups in total. The van der Waals surface area contributed by atoms with Crippen LogP contribution in [0.1, 0.15) is 29.3 Å². The minimum atomic E-state index is -1.20. The number of rotatable bonds is 9. The Kier molecular flexibility index (Phi) is 8.43. The van der Waals surface area contributed by atoms with E-state index in [9.17, 15) is 24.3 Å². The van der Waals surface area contributed by atoms with E-state index < -0.39 is 29.2 Å². The third kappa shape index (κ3) is 5.71. The van der Waals surface area contributed by atoms with Gasteiger partial charge in [0.05, 0.1) is 0 Å². The Hall–Kier alpha value is -3.36. The van der Waals surface area contributed by atoms with Crippen LogP contribution in [0.5, 0.6) is 0 Å². The molecule has 0 aliphatic carbocycles. The van der Waals surface area contributed by atoms with Crippen LogP contribution in [0, 0.1) is 6.92 Å². The van der Waals surface area contributed by atoms with Gasteiger partial charge in [-0.15, -0.1) is 23.1 Å². The zero-order chi connectivity index (χ0) is 27.6. The van der Waals surface area contributed by atoms with Gasteiger partial charge in [-0.2, -0.15) is 0 Å². The van der Waals surface area contributed by atoms with E-state index in [1.165, 1.54) is 42.5 Å². The number of aryl methyl sites for hydroxylation is 1. The minimum Gasteiger partial charge on any atom is -0.477 e. The lowest BCUT2D eigenvalue weighted by Gasteiger charge is -2.49. The first-order valence-electron chi connectivity index (χ1n) is 11.4. The lowest BCUT2D eigenvalue weighted by atomic mass is 9.96. The molecule has 0 unspecified atom stereocenters. The lowest BCUT2D eigenvalue weighted by molar-refractivity contribution is -0.150. The maximum atomic E-state index is 13.1. The number of nitrogens with two attached hydrogens (primary N) is 1. The number of carbonyl (C=O) groups excluding carboxylic acids is 3. The molecule has 2 aliphatic heterocycles. The summed E-state index contributed by atoms with van der Waals surface area (Å²) in [6.45, 7) is 3.46. The molecule has 0 bridgehead atoms. The molecule has 2 aliphatic rings. The maximum Gasteiger partial charge on any atom is 0.352 e. The van der Waals surface area contributed by atoms with Gasteiger partial charge in [0.15, 0.2) is 16.0 Å². The fourth-order valence-electron chi connectivity index (χ4n) is 4.18. The highest BCUT2D eigenvalue weighted by Crippen LogP contribution is 2.41. The molecule has 4 rings (SSSR count). The summed E-state index contributed by atoms with van der Waals surface area (Å²) in [4.78, 5) is 59.5. The van der Waals surface area contributed by atoms with Crippen LogP contribution in [0.25, 0.3) is 0 Å². The summed E-state index contributed by atoms with van der Waals surface area (Å²) in [5.41, 5.74) is 9.21. The Morgan fingerprint density at radius 2 is 2.13 bits per heavy atom. The number of aliphatic carboxylic acids is 1. The van der Waals surface area contributed by atoms with Gasteiger partial charge in [0, 0.05) is 23.8 Å². The SMILES string of the molecule is CO/N=C(/C(=O)N[C@@H]1C(=O)N2C(C(=O)O)=C(Cc3ccc(CSC(C)=O)cc3C)CS[C@H]12)c1csc(N)n1. The average molecular weight is 576 g/mol. The lowest BCUT2D eigenvalue weighted by Crippen LogP contribution is -2.71. The number of thioether (sulfide) groups is 2. The molecule has 0 spiro atoms.